The van der Waals surface area contributed by atoms with Crippen LogP contribution in [0.25, 0.3) is 5.69 Å². The minimum Gasteiger partial charge on any atom is -0.393 e. The van der Waals surface area contributed by atoms with E-state index in [0.29, 0.717) is 12.1 Å². The summed E-state index contributed by atoms with van der Waals surface area (Å²) >= 11 is 6.28. The van der Waals surface area contributed by atoms with E-state index in [2.05, 4.69) is 10.4 Å². The van der Waals surface area contributed by atoms with Crippen LogP contribution in [0.5, 0.6) is 0 Å². The molecule has 190 valence electrons. The maximum absolute atomic E-state index is 13.1. The van der Waals surface area contributed by atoms with Crippen LogP contribution in [0, 0.1) is 5.92 Å². The van der Waals surface area contributed by atoms with E-state index in [1.165, 1.54) is 18.2 Å². The first-order valence-corrected chi connectivity index (χ1v) is 12.4. The van der Waals surface area contributed by atoms with Crippen molar-refractivity contribution in [2.75, 3.05) is 6.54 Å². The second-order valence-corrected chi connectivity index (χ2v) is 9.46. The van der Waals surface area contributed by atoms with Crippen LogP contribution >= 0.6 is 11.6 Å². The van der Waals surface area contributed by atoms with E-state index in [9.17, 15) is 24.6 Å². The van der Waals surface area contributed by atoms with Gasteiger partial charge in [-0.2, -0.15) is 9.78 Å². The third-order valence-corrected chi connectivity index (χ3v) is 6.91. The summed E-state index contributed by atoms with van der Waals surface area (Å²) in [4.78, 5) is 38.4. The summed E-state index contributed by atoms with van der Waals surface area (Å²) in [5.74, 6) is -0.457. The lowest BCUT2D eigenvalue weighted by Gasteiger charge is -2.21. The molecule has 4 rings (SSSR count). The van der Waals surface area contributed by atoms with Gasteiger partial charge in [-0.05, 0) is 36.6 Å². The van der Waals surface area contributed by atoms with Gasteiger partial charge in [0.25, 0.3) is 11.5 Å². The van der Waals surface area contributed by atoms with Crippen LogP contribution < -0.4 is 16.6 Å². The van der Waals surface area contributed by atoms with E-state index in [4.69, 9.17) is 11.6 Å². The molecule has 36 heavy (non-hydrogen) atoms. The second kappa shape index (κ2) is 11.6. The molecule has 0 bridgehead atoms. The number of nitrogens with zero attached hydrogens (tertiary/aromatic N) is 3. The van der Waals surface area contributed by atoms with Gasteiger partial charge in [0.2, 0.25) is 0 Å². The highest BCUT2D eigenvalue weighted by molar-refractivity contribution is 6.33. The zero-order valence-corrected chi connectivity index (χ0v) is 20.5. The Kier molecular flexibility index (Phi) is 8.35. The fraction of sp³-hybridized carbons (Fsp3) is 0.385. The first-order valence-electron chi connectivity index (χ1n) is 12.0. The number of carbonyl (C=O) groups excluding carboxylic acids is 1. The quantitative estimate of drug-likeness (QED) is 0.417. The van der Waals surface area contributed by atoms with E-state index in [0.717, 1.165) is 47.5 Å². The largest absolute Gasteiger partial charge is 0.393 e. The molecule has 3 aromatic rings. The predicted molar refractivity (Wildman–Crippen MR) is 135 cm³/mol. The van der Waals surface area contributed by atoms with Gasteiger partial charge in [0.15, 0.2) is 0 Å². The summed E-state index contributed by atoms with van der Waals surface area (Å²) in [6, 6.07) is 13.1. The standard InChI is InChI=1S/C26H29ClN4O5/c27-21-12-11-19(13-20(21)25(35)28-14-18-9-5-2-6-10-22(18)32)31-26(36)30(24(34)15-29-31)16-23(33)17-7-3-1-4-8-17/h1,3-4,7-8,11-13,15,18,22-23,32-33H,2,5-6,9-10,14,16H2,(H,28,35)/t18-,22-,23-/m1/s1. The molecule has 1 fully saturated rings. The maximum atomic E-state index is 13.1. The molecule has 3 atom stereocenters. The van der Waals surface area contributed by atoms with Crippen molar-refractivity contribution in [1.29, 1.82) is 0 Å². The van der Waals surface area contributed by atoms with Crippen molar-refractivity contribution in [3.05, 3.63) is 91.7 Å². The number of aliphatic hydroxyl groups excluding tert-OH is 2. The molecule has 1 heterocycles. The Hall–Kier alpha value is -3.27. The van der Waals surface area contributed by atoms with Crippen LogP contribution in [0.2, 0.25) is 5.02 Å². The molecule has 1 aromatic heterocycles. The van der Waals surface area contributed by atoms with Crippen molar-refractivity contribution in [3.63, 3.8) is 0 Å². The molecule has 1 aliphatic rings. The fourth-order valence-electron chi connectivity index (χ4n) is 4.47. The van der Waals surface area contributed by atoms with E-state index in [1.54, 1.807) is 30.3 Å². The second-order valence-electron chi connectivity index (χ2n) is 9.05. The van der Waals surface area contributed by atoms with Gasteiger partial charge < -0.3 is 15.5 Å². The van der Waals surface area contributed by atoms with E-state index < -0.39 is 29.4 Å². The zero-order valence-electron chi connectivity index (χ0n) is 19.7. The SMILES string of the molecule is O=C(NC[C@H]1CCCCC[C@H]1O)c1cc(-n2ncc(=O)n(C[C@@H](O)c3ccccc3)c2=O)ccc1Cl. The number of nitrogens with one attached hydrogen (secondary N) is 1. The van der Waals surface area contributed by atoms with Crippen LogP contribution in [0.4, 0.5) is 0 Å². The molecule has 1 amide bonds. The Bertz CT molecular complexity index is 1320. The van der Waals surface area contributed by atoms with Crippen LogP contribution in [-0.4, -0.2) is 43.1 Å². The van der Waals surface area contributed by atoms with Gasteiger partial charge in [0.05, 0.1) is 35.0 Å². The zero-order chi connectivity index (χ0) is 25.7. The molecule has 1 saturated carbocycles. The summed E-state index contributed by atoms with van der Waals surface area (Å²) in [5, 5.41) is 27.8. The summed E-state index contributed by atoms with van der Waals surface area (Å²) in [7, 11) is 0. The lowest BCUT2D eigenvalue weighted by atomic mass is 9.97. The van der Waals surface area contributed by atoms with Crippen LogP contribution in [0.3, 0.4) is 0 Å². The average Bonchev–Trinajstić information content (AvgIpc) is 3.09. The Labute approximate surface area is 213 Å². The monoisotopic (exact) mass is 512 g/mol. The van der Waals surface area contributed by atoms with E-state index in [-0.39, 0.29) is 28.7 Å². The van der Waals surface area contributed by atoms with Gasteiger partial charge in [0.1, 0.15) is 6.20 Å². The van der Waals surface area contributed by atoms with E-state index in [1.807, 2.05) is 0 Å². The van der Waals surface area contributed by atoms with Crippen molar-refractivity contribution < 1.29 is 15.0 Å². The molecular formula is C26H29ClN4O5. The molecule has 0 unspecified atom stereocenters. The Morgan fingerprint density at radius 1 is 1.11 bits per heavy atom. The highest BCUT2D eigenvalue weighted by Crippen LogP contribution is 2.24. The van der Waals surface area contributed by atoms with Gasteiger partial charge in [-0.3, -0.25) is 14.2 Å². The number of hydrogen-bond acceptors (Lipinski definition) is 6. The molecule has 0 aliphatic heterocycles. The van der Waals surface area contributed by atoms with Crippen molar-refractivity contribution in [2.45, 2.75) is 50.9 Å². The highest BCUT2D eigenvalue weighted by atomic mass is 35.5. The minimum atomic E-state index is -1.07. The van der Waals surface area contributed by atoms with Crippen molar-refractivity contribution >= 4 is 17.5 Å². The van der Waals surface area contributed by atoms with Gasteiger partial charge in [0, 0.05) is 12.5 Å². The highest BCUT2D eigenvalue weighted by Gasteiger charge is 2.23. The topological polar surface area (TPSA) is 126 Å². The smallest absolute Gasteiger partial charge is 0.352 e. The predicted octanol–water partition coefficient (Wildman–Crippen LogP) is 2.45. The summed E-state index contributed by atoms with van der Waals surface area (Å²) < 4.78 is 1.88. The molecule has 9 nitrogen and oxygen atoms in total. The third kappa shape index (κ3) is 5.92. The van der Waals surface area contributed by atoms with Gasteiger partial charge in [-0.15, -0.1) is 0 Å². The Morgan fingerprint density at radius 3 is 2.64 bits per heavy atom. The van der Waals surface area contributed by atoms with Crippen LogP contribution in [0.15, 0.2) is 64.3 Å². The summed E-state index contributed by atoms with van der Waals surface area (Å²) in [5.41, 5.74) is -0.454. The van der Waals surface area contributed by atoms with Crippen molar-refractivity contribution in [3.8, 4) is 5.69 Å². The maximum Gasteiger partial charge on any atom is 0.352 e. The van der Waals surface area contributed by atoms with Crippen molar-refractivity contribution in [1.82, 2.24) is 19.7 Å². The van der Waals surface area contributed by atoms with Gasteiger partial charge in [-0.1, -0.05) is 61.2 Å². The fourth-order valence-corrected chi connectivity index (χ4v) is 4.68. The lowest BCUT2D eigenvalue weighted by molar-refractivity contribution is 0.0854. The molecule has 3 N–H and O–H groups in total. The van der Waals surface area contributed by atoms with Gasteiger partial charge in [-0.25, -0.2) is 4.79 Å². The van der Waals surface area contributed by atoms with Crippen LogP contribution in [-0.2, 0) is 6.54 Å². The number of carbonyl (C=O) groups is 1. The third-order valence-electron chi connectivity index (χ3n) is 6.58. The molecule has 0 spiro atoms. The first-order chi connectivity index (χ1) is 17.3. The Morgan fingerprint density at radius 2 is 1.86 bits per heavy atom. The number of hydrogen-bond donors (Lipinski definition) is 3. The molecule has 2 aromatic carbocycles. The number of benzene rings is 2. The average molecular weight is 513 g/mol. The lowest BCUT2D eigenvalue weighted by Crippen LogP contribution is -2.41. The van der Waals surface area contributed by atoms with Crippen LogP contribution in [0.1, 0.15) is 54.1 Å². The van der Waals surface area contributed by atoms with Gasteiger partial charge >= 0.3 is 5.69 Å². The summed E-state index contributed by atoms with van der Waals surface area (Å²) in [6.07, 6.45) is 4.08. The van der Waals surface area contributed by atoms with E-state index >= 15 is 0 Å². The molecule has 10 heteroatoms. The minimum absolute atomic E-state index is 0.0257. The number of aliphatic hydroxyl groups is 2. The normalized spacial score (nSPS) is 18.9. The first kappa shape index (κ1) is 25.8. The molecule has 0 saturated heterocycles. The molecule has 0 radical (unpaired) electrons. The molecular weight excluding hydrogens is 484 g/mol. The molecule has 1 aliphatic carbocycles. The number of rotatable bonds is 7. The van der Waals surface area contributed by atoms with Crippen molar-refractivity contribution in [2.24, 2.45) is 5.92 Å². The summed E-state index contributed by atoms with van der Waals surface area (Å²) in [6.45, 7) is 0.0653. The number of halogens is 1. The number of amides is 1. The Balaban J connectivity index is 1.57. The number of aromatic nitrogens is 3.